The molecular formula is C84H92Mo2O10S2. The molecule has 0 spiro atoms. The third-order valence-corrected chi connectivity index (χ3v) is 14.7. The largest absolute Gasteiger partial charge is 2.00 e. The Kier molecular flexibility index (Phi) is 40.2. The zero-order valence-electron chi connectivity index (χ0n) is 59.7. The Bertz CT molecular complexity index is 3940. The van der Waals surface area contributed by atoms with E-state index in [1.165, 1.54) is 22.3 Å². The van der Waals surface area contributed by atoms with Crippen LogP contribution < -0.4 is 20.4 Å². The van der Waals surface area contributed by atoms with Crippen LogP contribution in [-0.4, -0.2) is 57.3 Å². The zero-order chi connectivity index (χ0) is 71.9. The molecule has 512 valence electrons. The number of hydrogen-bond acceptors (Lipinski definition) is 10. The second kappa shape index (κ2) is 44.8. The van der Waals surface area contributed by atoms with Gasteiger partial charge in [-0.05, 0) is 150 Å². The second-order valence-electron chi connectivity index (χ2n) is 24.9. The Labute approximate surface area is 616 Å². The van der Waals surface area contributed by atoms with Crippen molar-refractivity contribution in [1.82, 2.24) is 0 Å². The van der Waals surface area contributed by atoms with Crippen molar-refractivity contribution < 1.29 is 90.2 Å². The molecule has 0 aromatic heterocycles. The first-order chi connectivity index (χ1) is 45.3. The van der Waals surface area contributed by atoms with E-state index in [0.29, 0.717) is 23.0 Å². The van der Waals surface area contributed by atoms with E-state index in [4.69, 9.17) is 0 Å². The molecule has 0 N–H and O–H groups in total. The summed E-state index contributed by atoms with van der Waals surface area (Å²) in [5.74, 6) is 6.35. The first-order valence-electron chi connectivity index (χ1n) is 31.9. The van der Waals surface area contributed by atoms with Crippen LogP contribution in [0.3, 0.4) is 0 Å². The van der Waals surface area contributed by atoms with Crippen LogP contribution in [0, 0.1) is 37.5 Å². The van der Waals surface area contributed by atoms with Gasteiger partial charge >= 0.3 is 42.1 Å². The first kappa shape index (κ1) is 87.9. The SMILES string of the molecule is CC(C)c1cc(C(C)C)c(C(=O)[O-])c(C(C)C)c1.CC(C)c1cc(C(C)C)c(C(=O)[O-])c(C(C)C)c1.CS(C)=O.CS(C)=O.Cc1ccccc1.Cc1ccccc1.O=C([O-])C#Cc1c2ccccc2cc2ccccc12.O=C([O-])C#Cc1c2ccccc2cc2ccccc12.[Mo+2].[Mo+2]. The van der Waals surface area contributed by atoms with Gasteiger partial charge in [0.25, 0.3) is 0 Å². The van der Waals surface area contributed by atoms with Crippen molar-refractivity contribution >= 4 is 88.6 Å². The Morgan fingerprint density at radius 3 is 0.694 bits per heavy atom. The number of aromatic carboxylic acids is 2. The Hall–Kier alpha value is -8.08. The van der Waals surface area contributed by atoms with Crippen molar-refractivity contribution in [2.45, 2.75) is 132 Å². The van der Waals surface area contributed by atoms with Crippen molar-refractivity contribution in [2.24, 2.45) is 0 Å². The molecule has 0 bridgehead atoms. The number of fused-ring (bicyclic) bond motifs is 4. The van der Waals surface area contributed by atoms with Gasteiger partial charge in [-0.3, -0.25) is 8.42 Å². The van der Waals surface area contributed by atoms with E-state index in [9.17, 15) is 48.0 Å². The van der Waals surface area contributed by atoms with E-state index >= 15 is 0 Å². The summed E-state index contributed by atoms with van der Waals surface area (Å²) >= 11 is 0. The van der Waals surface area contributed by atoms with Crippen molar-refractivity contribution in [3.63, 3.8) is 0 Å². The standard InChI is InChI=1S/2C17H10O2.2C16H24O2.2C7H8.2C2H6OS.2Mo/c2*18-17(19)10-9-16-14-7-3-1-5-12(14)11-13-6-2-4-8-15(13)16;2*1-9(2)12-7-13(10(3)4)15(16(17)18)14(8-12)11(5)6;2*1-7-5-3-2-4-6-7;2*1-4(2)3;;/h2*1-8,11H,(H,18,19);2*7-11H,1-6H3,(H,17,18);2*2-6H,1H3;2*1-2H3;;/q;;;;;;;;2*+2/p-4. The van der Waals surface area contributed by atoms with Gasteiger partial charge in [-0.1, -0.05) is 288 Å². The van der Waals surface area contributed by atoms with Gasteiger partial charge in [-0.15, -0.1) is 0 Å². The summed E-state index contributed by atoms with van der Waals surface area (Å²) in [7, 11) is -1.22. The predicted molar refractivity (Wildman–Crippen MR) is 395 cm³/mol. The predicted octanol–water partition coefficient (Wildman–Crippen LogP) is 15.0. The molecule has 10 rings (SSSR count). The minimum Gasteiger partial charge on any atom is -0.545 e. The summed E-state index contributed by atoms with van der Waals surface area (Å²) in [5, 5.41) is 52.0. The van der Waals surface area contributed by atoms with Gasteiger partial charge in [0.15, 0.2) is 0 Å². The molecule has 0 fully saturated rings. The summed E-state index contributed by atoms with van der Waals surface area (Å²) in [5.41, 5.74) is 10.9. The van der Waals surface area contributed by atoms with Crippen LogP contribution in [0.2, 0.25) is 0 Å². The van der Waals surface area contributed by atoms with E-state index in [1.807, 2.05) is 213 Å². The summed E-state index contributed by atoms with van der Waals surface area (Å²) in [4.78, 5) is 44.0. The summed E-state index contributed by atoms with van der Waals surface area (Å²) in [6, 6.07) is 64.0. The molecule has 0 aliphatic rings. The fourth-order valence-corrected chi connectivity index (χ4v) is 9.98. The molecule has 0 radical (unpaired) electrons. The molecule has 0 atom stereocenters. The van der Waals surface area contributed by atoms with Crippen LogP contribution in [0.5, 0.6) is 0 Å². The maximum Gasteiger partial charge on any atom is 2.00 e. The topological polar surface area (TPSA) is 195 Å². The first-order valence-corrected chi connectivity index (χ1v) is 35.8. The average Bonchev–Trinajstić information content (AvgIpc) is 0.820. The third-order valence-electron chi connectivity index (χ3n) is 14.7. The molecule has 14 heteroatoms. The van der Waals surface area contributed by atoms with Gasteiger partial charge in [0.1, 0.15) is 11.9 Å². The number of carboxylic acids is 4. The summed E-state index contributed by atoms with van der Waals surface area (Å²) in [6.45, 7) is 28.9. The summed E-state index contributed by atoms with van der Waals surface area (Å²) in [6.07, 6.45) is 6.56. The van der Waals surface area contributed by atoms with Crippen molar-refractivity contribution in [3.05, 3.63) is 261 Å². The van der Waals surface area contributed by atoms with Gasteiger partial charge < -0.3 is 39.6 Å². The molecule has 10 nitrogen and oxygen atoms in total. The van der Waals surface area contributed by atoms with Gasteiger partial charge in [0.2, 0.25) is 0 Å². The van der Waals surface area contributed by atoms with Gasteiger partial charge in [-0.2, -0.15) is 0 Å². The minimum absolute atomic E-state index is 0. The van der Waals surface area contributed by atoms with Crippen molar-refractivity contribution in [2.75, 3.05) is 25.0 Å². The fourth-order valence-electron chi connectivity index (χ4n) is 9.98. The molecule has 98 heavy (non-hydrogen) atoms. The van der Waals surface area contributed by atoms with Gasteiger partial charge in [-0.25, -0.2) is 0 Å². The molecule has 0 heterocycles. The van der Waals surface area contributed by atoms with Crippen LogP contribution in [0.1, 0.15) is 195 Å². The maximum absolute atomic E-state index is 11.4. The Morgan fingerprint density at radius 1 is 0.327 bits per heavy atom. The third kappa shape index (κ3) is 29.6. The molecule has 0 amide bonds. The van der Waals surface area contributed by atoms with Crippen LogP contribution >= 0.6 is 0 Å². The normalized spacial score (nSPS) is 10.1. The molecule has 10 aromatic carbocycles. The van der Waals surface area contributed by atoms with Gasteiger partial charge in [0, 0.05) is 68.9 Å². The minimum atomic E-state index is -1.36. The number of hydrogen-bond donors (Lipinski definition) is 0. The van der Waals surface area contributed by atoms with Crippen molar-refractivity contribution in [3.8, 4) is 23.7 Å². The number of carboxylic acid groups (broad SMARTS) is 4. The molecule has 0 aliphatic carbocycles. The number of carbonyl (C=O) groups excluding carboxylic acids is 4. The second-order valence-corrected chi connectivity index (χ2v) is 27.9. The Morgan fingerprint density at radius 2 is 0.531 bits per heavy atom. The molecule has 0 unspecified atom stereocenters. The van der Waals surface area contributed by atoms with Crippen LogP contribution in [-0.2, 0) is 73.3 Å². The van der Waals surface area contributed by atoms with E-state index in [1.54, 1.807) is 25.0 Å². The quantitative estimate of drug-likeness (QED) is 0.0802. The van der Waals surface area contributed by atoms with E-state index in [2.05, 4.69) is 102 Å². The number of rotatable bonds is 8. The maximum atomic E-state index is 11.4. The zero-order valence-corrected chi connectivity index (χ0v) is 65.3. The monoisotopic (exact) mass is 1520 g/mol. The number of aryl methyl sites for hydroxylation is 2. The van der Waals surface area contributed by atoms with Crippen LogP contribution in [0.15, 0.2) is 194 Å². The molecule has 0 saturated heterocycles. The van der Waals surface area contributed by atoms with Gasteiger partial charge in [0.05, 0.1) is 11.9 Å². The van der Waals surface area contributed by atoms with Crippen LogP contribution in [0.4, 0.5) is 0 Å². The molecule has 10 aromatic rings. The fraction of sp³-hybridized carbons (Fsp3) is 0.286. The van der Waals surface area contributed by atoms with E-state index in [0.717, 1.165) is 76.5 Å². The molecule has 0 aliphatic heterocycles. The van der Waals surface area contributed by atoms with Crippen LogP contribution in [0.25, 0.3) is 43.1 Å². The number of benzene rings is 10. The smallest absolute Gasteiger partial charge is 0.545 e. The van der Waals surface area contributed by atoms with E-state index < -0.39 is 45.5 Å². The average molecular weight is 1520 g/mol. The van der Waals surface area contributed by atoms with Crippen molar-refractivity contribution in [1.29, 1.82) is 0 Å². The molecule has 0 saturated carbocycles. The molecular weight excluding hydrogens is 1420 g/mol. The van der Waals surface area contributed by atoms with E-state index in [-0.39, 0.29) is 65.8 Å². The summed E-state index contributed by atoms with van der Waals surface area (Å²) < 4.78 is 19.1. The number of carbonyl (C=O) groups is 4. The Balaban J connectivity index is 0.000000588. The number of aliphatic carboxylic acids is 2.